The molecule has 1 unspecified atom stereocenters. The maximum absolute atomic E-state index is 3.46. The van der Waals surface area contributed by atoms with Gasteiger partial charge >= 0.3 is 0 Å². The number of thioether (sulfide) groups is 1. The second-order valence-corrected chi connectivity index (χ2v) is 7.71. The zero-order chi connectivity index (χ0) is 12.9. The van der Waals surface area contributed by atoms with Gasteiger partial charge in [0.1, 0.15) is 0 Å². The largest absolute Gasteiger partial charge is 0.317 e. The Balaban J connectivity index is 1.37. The Kier molecular flexibility index (Phi) is 5.45. The molecule has 3 saturated heterocycles. The molecule has 110 valence electrons. The minimum atomic E-state index is 0.881. The number of hydrogen-bond acceptors (Lipinski definition) is 4. The summed E-state index contributed by atoms with van der Waals surface area (Å²) in [5.41, 5.74) is 0. The van der Waals surface area contributed by atoms with Crippen molar-refractivity contribution in [1.82, 2.24) is 15.1 Å². The summed E-state index contributed by atoms with van der Waals surface area (Å²) in [6.07, 6.45) is 7.01. The maximum Gasteiger partial charge on any atom is 0.0223 e. The van der Waals surface area contributed by atoms with Gasteiger partial charge in [-0.3, -0.25) is 4.90 Å². The Morgan fingerprint density at radius 1 is 1.00 bits per heavy atom. The van der Waals surface area contributed by atoms with Gasteiger partial charge in [-0.15, -0.1) is 0 Å². The van der Waals surface area contributed by atoms with Crippen molar-refractivity contribution in [3.63, 3.8) is 0 Å². The molecule has 0 aromatic heterocycles. The predicted molar refractivity (Wildman–Crippen MR) is 84.0 cm³/mol. The van der Waals surface area contributed by atoms with E-state index >= 15 is 0 Å². The van der Waals surface area contributed by atoms with E-state index in [-0.39, 0.29) is 0 Å². The molecule has 4 heteroatoms. The highest BCUT2D eigenvalue weighted by Gasteiger charge is 2.28. The van der Waals surface area contributed by atoms with E-state index in [4.69, 9.17) is 0 Å². The second kappa shape index (κ2) is 7.30. The first-order valence-electron chi connectivity index (χ1n) is 8.20. The van der Waals surface area contributed by atoms with E-state index in [1.165, 1.54) is 83.7 Å². The molecule has 0 saturated carbocycles. The quantitative estimate of drug-likeness (QED) is 0.845. The molecule has 0 aromatic carbocycles. The van der Waals surface area contributed by atoms with Crippen LogP contribution in [0.5, 0.6) is 0 Å². The van der Waals surface area contributed by atoms with Crippen LogP contribution in [0.3, 0.4) is 0 Å². The van der Waals surface area contributed by atoms with E-state index in [0.717, 1.165) is 11.3 Å². The van der Waals surface area contributed by atoms with Crippen LogP contribution < -0.4 is 5.32 Å². The van der Waals surface area contributed by atoms with Gasteiger partial charge in [-0.05, 0) is 64.8 Å². The molecule has 1 atom stereocenters. The average Bonchev–Trinajstić information content (AvgIpc) is 2.79. The molecule has 0 aromatic rings. The summed E-state index contributed by atoms with van der Waals surface area (Å²) < 4.78 is 0. The van der Waals surface area contributed by atoms with Crippen molar-refractivity contribution < 1.29 is 0 Å². The highest BCUT2D eigenvalue weighted by atomic mass is 32.2. The average molecular weight is 283 g/mol. The van der Waals surface area contributed by atoms with E-state index < -0.39 is 0 Å². The van der Waals surface area contributed by atoms with Crippen LogP contribution in [0.1, 0.15) is 32.1 Å². The molecule has 1 N–H and O–H groups in total. The Morgan fingerprint density at radius 3 is 2.74 bits per heavy atom. The molecule has 3 aliphatic heterocycles. The molecular weight excluding hydrogens is 254 g/mol. The Morgan fingerprint density at radius 2 is 1.84 bits per heavy atom. The monoisotopic (exact) mass is 283 g/mol. The molecule has 19 heavy (non-hydrogen) atoms. The first-order chi connectivity index (χ1) is 9.42. The van der Waals surface area contributed by atoms with Crippen molar-refractivity contribution in [2.45, 2.75) is 43.4 Å². The highest BCUT2D eigenvalue weighted by Crippen LogP contribution is 2.23. The van der Waals surface area contributed by atoms with Gasteiger partial charge in [0.2, 0.25) is 0 Å². The highest BCUT2D eigenvalue weighted by molar-refractivity contribution is 7.99. The third-order valence-electron chi connectivity index (χ3n) is 4.93. The topological polar surface area (TPSA) is 18.5 Å². The molecule has 3 aliphatic rings. The van der Waals surface area contributed by atoms with Crippen LogP contribution >= 0.6 is 11.8 Å². The Bertz CT molecular complexity index is 268. The summed E-state index contributed by atoms with van der Waals surface area (Å²) in [5, 5.41) is 4.39. The van der Waals surface area contributed by atoms with Gasteiger partial charge in [0.25, 0.3) is 0 Å². The van der Waals surface area contributed by atoms with Crippen molar-refractivity contribution >= 4 is 11.8 Å². The fourth-order valence-electron chi connectivity index (χ4n) is 3.80. The molecule has 3 fully saturated rings. The lowest BCUT2D eigenvalue weighted by Crippen LogP contribution is -2.37. The fourth-order valence-corrected chi connectivity index (χ4v) is 5.06. The number of nitrogens with one attached hydrogen (secondary N) is 1. The summed E-state index contributed by atoms with van der Waals surface area (Å²) in [7, 11) is 0. The summed E-state index contributed by atoms with van der Waals surface area (Å²) in [6.45, 7) is 9.17. The number of piperidine rings is 1. The van der Waals surface area contributed by atoms with Crippen LogP contribution in [0.15, 0.2) is 0 Å². The Hall–Kier alpha value is 0.230. The van der Waals surface area contributed by atoms with Gasteiger partial charge in [0.15, 0.2) is 0 Å². The van der Waals surface area contributed by atoms with Crippen LogP contribution in [0.4, 0.5) is 0 Å². The molecule has 0 spiro atoms. The smallest absolute Gasteiger partial charge is 0.0223 e. The third-order valence-corrected chi connectivity index (χ3v) is 6.30. The third kappa shape index (κ3) is 4.10. The minimum Gasteiger partial charge on any atom is -0.317 e. The van der Waals surface area contributed by atoms with Crippen molar-refractivity contribution in [1.29, 1.82) is 0 Å². The van der Waals surface area contributed by atoms with Gasteiger partial charge in [0.05, 0.1) is 0 Å². The van der Waals surface area contributed by atoms with Gasteiger partial charge in [-0.2, -0.15) is 11.8 Å². The maximum atomic E-state index is 3.46. The van der Waals surface area contributed by atoms with E-state index in [9.17, 15) is 0 Å². The lowest BCUT2D eigenvalue weighted by molar-refractivity contribution is 0.227. The second-order valence-electron chi connectivity index (χ2n) is 6.31. The first-order valence-corrected chi connectivity index (χ1v) is 9.25. The SMILES string of the molecule is C1CC2CN(CCSC3CCNCC3)CCCN2C1. The molecule has 0 bridgehead atoms. The van der Waals surface area contributed by atoms with Gasteiger partial charge in [-0.1, -0.05) is 0 Å². The van der Waals surface area contributed by atoms with Gasteiger partial charge in [-0.25, -0.2) is 0 Å². The van der Waals surface area contributed by atoms with Crippen molar-refractivity contribution in [2.24, 2.45) is 0 Å². The zero-order valence-electron chi connectivity index (χ0n) is 12.1. The molecule has 0 radical (unpaired) electrons. The number of rotatable bonds is 4. The molecular formula is C15H29N3S. The predicted octanol–water partition coefficient (Wildman–Crippen LogP) is 1.64. The van der Waals surface area contributed by atoms with Crippen molar-refractivity contribution in [3.8, 4) is 0 Å². The zero-order valence-corrected chi connectivity index (χ0v) is 13.0. The molecule has 3 nitrogen and oxygen atoms in total. The number of nitrogens with zero attached hydrogens (tertiary/aromatic N) is 2. The van der Waals surface area contributed by atoms with Crippen molar-refractivity contribution in [2.75, 3.05) is 51.6 Å². The lowest BCUT2D eigenvalue weighted by atomic mass is 10.2. The number of fused-ring (bicyclic) bond motifs is 1. The Labute approximate surface area is 122 Å². The van der Waals surface area contributed by atoms with E-state index in [2.05, 4.69) is 26.9 Å². The van der Waals surface area contributed by atoms with Crippen LogP contribution in [0.2, 0.25) is 0 Å². The summed E-state index contributed by atoms with van der Waals surface area (Å²) in [5.74, 6) is 1.34. The van der Waals surface area contributed by atoms with E-state index in [0.29, 0.717) is 0 Å². The van der Waals surface area contributed by atoms with E-state index in [1.54, 1.807) is 0 Å². The molecule has 0 aliphatic carbocycles. The van der Waals surface area contributed by atoms with E-state index in [1.807, 2.05) is 0 Å². The minimum absolute atomic E-state index is 0.881. The van der Waals surface area contributed by atoms with Crippen LogP contribution in [0.25, 0.3) is 0 Å². The lowest BCUT2D eigenvalue weighted by Gasteiger charge is -2.27. The van der Waals surface area contributed by atoms with Gasteiger partial charge in [0, 0.05) is 30.1 Å². The van der Waals surface area contributed by atoms with Gasteiger partial charge < -0.3 is 10.2 Å². The van der Waals surface area contributed by atoms with Crippen LogP contribution in [0, 0.1) is 0 Å². The van der Waals surface area contributed by atoms with Crippen LogP contribution in [-0.4, -0.2) is 72.7 Å². The normalized spacial score (nSPS) is 31.3. The molecule has 0 amide bonds. The molecule has 3 heterocycles. The number of hydrogen-bond donors (Lipinski definition) is 1. The first kappa shape index (κ1) is 14.2. The summed E-state index contributed by atoms with van der Waals surface area (Å²) in [6, 6.07) is 0.881. The fraction of sp³-hybridized carbons (Fsp3) is 1.00. The standard InChI is InChI=1S/C15H29N3S/c1-3-14-13-17(8-2-10-18(14)9-1)11-12-19-15-4-6-16-7-5-15/h14-16H,1-13H2. The van der Waals surface area contributed by atoms with Crippen molar-refractivity contribution in [3.05, 3.63) is 0 Å². The summed E-state index contributed by atoms with van der Waals surface area (Å²) in [4.78, 5) is 5.48. The molecule has 3 rings (SSSR count). The summed E-state index contributed by atoms with van der Waals surface area (Å²) >= 11 is 2.23. The van der Waals surface area contributed by atoms with Crippen LogP contribution in [-0.2, 0) is 0 Å².